The van der Waals surface area contributed by atoms with E-state index in [2.05, 4.69) is 5.10 Å². The minimum Gasteiger partial charge on any atom is -0.459 e. The first-order chi connectivity index (χ1) is 15.4. The third-order valence-electron chi connectivity index (χ3n) is 5.87. The highest BCUT2D eigenvalue weighted by Gasteiger charge is 2.33. The van der Waals surface area contributed by atoms with E-state index in [1.165, 1.54) is 17.6 Å². The molecule has 0 aromatic carbocycles. The Morgan fingerprint density at radius 3 is 2.41 bits per heavy atom. The zero-order valence-electron chi connectivity index (χ0n) is 17.2. The Balaban J connectivity index is 1.34. The first-order valence-corrected chi connectivity index (χ1v) is 13.1. The molecule has 9 nitrogen and oxygen atoms in total. The van der Waals surface area contributed by atoms with Crippen LogP contribution in [-0.4, -0.2) is 77.5 Å². The normalized spacial score (nSPS) is 20.6. The molecule has 0 spiro atoms. The van der Waals surface area contributed by atoms with Crippen molar-refractivity contribution in [3.63, 3.8) is 0 Å². The van der Waals surface area contributed by atoms with E-state index in [1.54, 1.807) is 32.7 Å². The smallest absolute Gasteiger partial charge is 0.289 e. The molecule has 32 heavy (non-hydrogen) atoms. The zero-order valence-corrected chi connectivity index (χ0v) is 18.8. The fourth-order valence-corrected chi connectivity index (χ4v) is 6.61. The standard InChI is InChI=1S/C21H22N4O5S2/c26-20(23-6-8-24(9-7-23)21(27)18-3-1-10-30-18)16-13-17(19-4-2-11-31-19)25(22-16)15-5-12-32(28,29)14-15/h1-4,10-11,13,15H,5-9,12,14H2/t15-/m0/s1. The summed E-state index contributed by atoms with van der Waals surface area (Å²) in [4.78, 5) is 29.9. The van der Waals surface area contributed by atoms with Gasteiger partial charge in [0.15, 0.2) is 21.3 Å². The third kappa shape index (κ3) is 3.97. The maximum atomic E-state index is 13.2. The fraction of sp³-hybridized carbons (Fsp3) is 0.381. The second kappa shape index (κ2) is 8.21. The Hall–Kier alpha value is -2.92. The van der Waals surface area contributed by atoms with Gasteiger partial charge in [-0.3, -0.25) is 14.3 Å². The van der Waals surface area contributed by atoms with Crippen LogP contribution < -0.4 is 0 Å². The molecule has 5 rings (SSSR count). The van der Waals surface area contributed by atoms with Crippen molar-refractivity contribution in [1.82, 2.24) is 19.6 Å². The van der Waals surface area contributed by atoms with E-state index in [9.17, 15) is 18.0 Å². The monoisotopic (exact) mass is 474 g/mol. The average molecular weight is 475 g/mol. The minimum absolute atomic E-state index is 0.0360. The summed E-state index contributed by atoms with van der Waals surface area (Å²) in [5.74, 6) is 0.0573. The molecule has 0 aliphatic carbocycles. The Morgan fingerprint density at radius 1 is 1.06 bits per heavy atom. The molecule has 2 amide bonds. The lowest BCUT2D eigenvalue weighted by Crippen LogP contribution is -2.50. The van der Waals surface area contributed by atoms with Gasteiger partial charge in [0.1, 0.15) is 0 Å². The van der Waals surface area contributed by atoms with Gasteiger partial charge in [0, 0.05) is 26.2 Å². The molecule has 168 valence electrons. The molecule has 5 heterocycles. The van der Waals surface area contributed by atoms with E-state index >= 15 is 0 Å². The molecule has 2 fully saturated rings. The number of sulfone groups is 1. The van der Waals surface area contributed by atoms with E-state index in [-0.39, 0.29) is 35.1 Å². The van der Waals surface area contributed by atoms with Crippen molar-refractivity contribution in [1.29, 1.82) is 0 Å². The van der Waals surface area contributed by atoms with E-state index in [1.807, 2.05) is 17.5 Å². The van der Waals surface area contributed by atoms with Crippen LogP contribution in [0.15, 0.2) is 46.4 Å². The van der Waals surface area contributed by atoms with Gasteiger partial charge in [-0.2, -0.15) is 5.10 Å². The van der Waals surface area contributed by atoms with E-state index in [4.69, 9.17) is 4.42 Å². The average Bonchev–Trinajstić information content (AvgIpc) is 3.59. The SMILES string of the molecule is O=C(c1cc(-c2cccs2)n([C@H]2CCS(=O)(=O)C2)n1)N1CCN(C(=O)c2ccco2)CC1. The number of piperazine rings is 1. The summed E-state index contributed by atoms with van der Waals surface area (Å²) in [6.45, 7) is 1.60. The second-order valence-corrected chi connectivity index (χ2v) is 11.1. The molecule has 0 N–H and O–H groups in total. The summed E-state index contributed by atoms with van der Waals surface area (Å²) in [6, 6.07) is 8.63. The van der Waals surface area contributed by atoms with Crippen LogP contribution in [0, 0.1) is 0 Å². The molecule has 3 aromatic heterocycles. The molecule has 1 atom stereocenters. The Morgan fingerprint density at radius 2 is 1.81 bits per heavy atom. The number of aromatic nitrogens is 2. The van der Waals surface area contributed by atoms with Gasteiger partial charge in [0.2, 0.25) is 0 Å². The fourth-order valence-electron chi connectivity index (χ4n) is 4.18. The van der Waals surface area contributed by atoms with Gasteiger partial charge in [0.25, 0.3) is 11.8 Å². The molecule has 2 aliphatic heterocycles. The number of hydrogen-bond acceptors (Lipinski definition) is 7. The second-order valence-electron chi connectivity index (χ2n) is 7.96. The van der Waals surface area contributed by atoms with Crippen LogP contribution >= 0.6 is 11.3 Å². The number of carbonyl (C=O) groups excluding carboxylic acids is 2. The predicted molar refractivity (Wildman–Crippen MR) is 118 cm³/mol. The van der Waals surface area contributed by atoms with Crippen molar-refractivity contribution >= 4 is 33.0 Å². The molecular weight excluding hydrogens is 452 g/mol. The molecule has 0 radical (unpaired) electrons. The molecule has 0 unspecified atom stereocenters. The van der Waals surface area contributed by atoms with E-state index in [0.717, 1.165) is 10.6 Å². The summed E-state index contributed by atoms with van der Waals surface area (Å²) in [5, 5.41) is 6.50. The van der Waals surface area contributed by atoms with Gasteiger partial charge in [-0.15, -0.1) is 11.3 Å². The molecule has 2 saturated heterocycles. The summed E-state index contributed by atoms with van der Waals surface area (Å²) in [5.41, 5.74) is 1.06. The molecule has 0 saturated carbocycles. The third-order valence-corrected chi connectivity index (χ3v) is 8.51. The highest BCUT2D eigenvalue weighted by Crippen LogP contribution is 2.32. The molecule has 11 heteroatoms. The minimum atomic E-state index is -3.09. The lowest BCUT2D eigenvalue weighted by Gasteiger charge is -2.33. The van der Waals surface area contributed by atoms with E-state index < -0.39 is 9.84 Å². The number of thiophene rings is 1. The summed E-state index contributed by atoms with van der Waals surface area (Å²) < 4.78 is 30.9. The number of carbonyl (C=O) groups is 2. The predicted octanol–water partition coefficient (Wildman–Crippen LogP) is 2.16. The van der Waals surface area contributed by atoms with Crippen LogP contribution in [-0.2, 0) is 9.84 Å². The summed E-state index contributed by atoms with van der Waals surface area (Å²) in [6.07, 6.45) is 1.95. The van der Waals surface area contributed by atoms with E-state index in [0.29, 0.717) is 38.3 Å². The van der Waals surface area contributed by atoms with Crippen LogP contribution in [0.3, 0.4) is 0 Å². The van der Waals surface area contributed by atoms with Gasteiger partial charge >= 0.3 is 0 Å². The Bertz CT molecular complexity index is 1220. The molecular formula is C21H22N4O5S2. The van der Waals surface area contributed by atoms with Crippen LogP contribution in [0.4, 0.5) is 0 Å². The number of hydrogen-bond donors (Lipinski definition) is 0. The lowest BCUT2D eigenvalue weighted by atomic mass is 10.2. The maximum Gasteiger partial charge on any atom is 0.289 e. The van der Waals surface area contributed by atoms with Gasteiger partial charge in [-0.25, -0.2) is 8.42 Å². The maximum absolute atomic E-state index is 13.2. The van der Waals surface area contributed by atoms with Crippen molar-refractivity contribution in [2.45, 2.75) is 12.5 Å². The van der Waals surface area contributed by atoms with Crippen molar-refractivity contribution in [2.24, 2.45) is 0 Å². The molecule has 2 aliphatic rings. The van der Waals surface area contributed by atoms with Crippen LogP contribution in [0.5, 0.6) is 0 Å². The largest absolute Gasteiger partial charge is 0.459 e. The Kier molecular flexibility index (Phi) is 5.38. The number of nitrogens with zero attached hydrogens (tertiary/aromatic N) is 4. The lowest BCUT2D eigenvalue weighted by molar-refractivity contribution is 0.0514. The number of furan rings is 1. The van der Waals surface area contributed by atoms with Crippen molar-refractivity contribution in [3.05, 3.63) is 53.4 Å². The number of amides is 2. The summed E-state index contributed by atoms with van der Waals surface area (Å²) >= 11 is 1.52. The first-order valence-electron chi connectivity index (χ1n) is 10.4. The highest BCUT2D eigenvalue weighted by atomic mass is 32.2. The van der Waals surface area contributed by atoms with Gasteiger partial charge in [0.05, 0.1) is 34.4 Å². The first kappa shape index (κ1) is 21.0. The highest BCUT2D eigenvalue weighted by molar-refractivity contribution is 7.91. The summed E-state index contributed by atoms with van der Waals surface area (Å²) in [7, 11) is -3.09. The molecule has 3 aromatic rings. The van der Waals surface area contributed by atoms with Crippen molar-refractivity contribution in [2.75, 3.05) is 37.7 Å². The van der Waals surface area contributed by atoms with Gasteiger partial charge in [-0.05, 0) is 36.1 Å². The zero-order chi connectivity index (χ0) is 22.3. The topological polar surface area (TPSA) is 106 Å². The van der Waals surface area contributed by atoms with Crippen molar-refractivity contribution < 1.29 is 22.4 Å². The van der Waals surface area contributed by atoms with Crippen LogP contribution in [0.1, 0.15) is 33.5 Å². The van der Waals surface area contributed by atoms with Gasteiger partial charge < -0.3 is 14.2 Å². The Labute approximate surface area is 189 Å². The number of rotatable bonds is 4. The van der Waals surface area contributed by atoms with Crippen LogP contribution in [0.25, 0.3) is 10.6 Å². The van der Waals surface area contributed by atoms with Crippen LogP contribution in [0.2, 0.25) is 0 Å². The quantitative estimate of drug-likeness (QED) is 0.574. The molecule has 0 bridgehead atoms. The van der Waals surface area contributed by atoms with Crippen molar-refractivity contribution in [3.8, 4) is 10.6 Å². The van der Waals surface area contributed by atoms with Gasteiger partial charge in [-0.1, -0.05) is 6.07 Å².